The average molecular weight is 310 g/mol. The molecule has 0 spiro atoms. The monoisotopic (exact) mass is 310 g/mol. The van der Waals surface area contributed by atoms with E-state index < -0.39 is 16.0 Å². The molecule has 1 aromatic heterocycles. The largest absolute Gasteiger partial charge is 0.459 e. The predicted molar refractivity (Wildman–Crippen MR) is 73.0 cm³/mol. The lowest BCUT2D eigenvalue weighted by Crippen LogP contribution is -2.28. The standard InChI is InChI=1S/C12H14N4O4S/c1-9-11(15-16-14-9)12(17)20-8-7-13-21(18,19)10-5-3-2-4-6-10/h2-6,13H,7-8H2,1H3,(H,14,15,16). The minimum atomic E-state index is -3.60. The number of rotatable bonds is 6. The van der Waals surface area contributed by atoms with Gasteiger partial charge in [-0.15, -0.1) is 5.10 Å². The van der Waals surface area contributed by atoms with Gasteiger partial charge < -0.3 is 4.74 Å². The first-order chi connectivity index (χ1) is 10.0. The lowest BCUT2D eigenvalue weighted by atomic mass is 10.3. The zero-order valence-electron chi connectivity index (χ0n) is 11.2. The zero-order valence-corrected chi connectivity index (χ0v) is 12.1. The molecular weight excluding hydrogens is 296 g/mol. The summed E-state index contributed by atoms with van der Waals surface area (Å²) in [7, 11) is -3.60. The van der Waals surface area contributed by atoms with Crippen molar-refractivity contribution in [1.29, 1.82) is 0 Å². The number of aromatic nitrogens is 3. The minimum absolute atomic E-state index is 0.0279. The van der Waals surface area contributed by atoms with Crippen LogP contribution in [0.5, 0.6) is 0 Å². The molecule has 0 atom stereocenters. The number of carbonyl (C=O) groups excluding carboxylic acids is 1. The van der Waals surface area contributed by atoms with Crippen LogP contribution in [-0.4, -0.2) is 42.9 Å². The van der Waals surface area contributed by atoms with E-state index in [1.165, 1.54) is 12.1 Å². The van der Waals surface area contributed by atoms with Gasteiger partial charge in [0.2, 0.25) is 10.0 Å². The average Bonchev–Trinajstić information content (AvgIpc) is 2.90. The maximum absolute atomic E-state index is 11.9. The molecule has 0 bridgehead atoms. The molecule has 112 valence electrons. The lowest BCUT2D eigenvalue weighted by molar-refractivity contribution is 0.0505. The van der Waals surface area contributed by atoms with Gasteiger partial charge in [0.25, 0.3) is 0 Å². The molecule has 1 heterocycles. The van der Waals surface area contributed by atoms with Crippen LogP contribution in [0, 0.1) is 6.92 Å². The fourth-order valence-corrected chi connectivity index (χ4v) is 2.58. The summed E-state index contributed by atoms with van der Waals surface area (Å²) >= 11 is 0. The molecule has 0 unspecified atom stereocenters. The summed E-state index contributed by atoms with van der Waals surface area (Å²) in [4.78, 5) is 11.8. The van der Waals surface area contributed by atoms with Crippen molar-refractivity contribution in [1.82, 2.24) is 20.1 Å². The fraction of sp³-hybridized carbons (Fsp3) is 0.250. The summed E-state index contributed by atoms with van der Waals surface area (Å²) in [5.41, 5.74) is 0.505. The molecule has 8 nitrogen and oxygen atoms in total. The molecule has 0 saturated heterocycles. The third-order valence-corrected chi connectivity index (χ3v) is 4.07. The van der Waals surface area contributed by atoms with Crippen molar-refractivity contribution in [3.05, 3.63) is 41.7 Å². The van der Waals surface area contributed by atoms with Crippen LogP contribution in [0.15, 0.2) is 35.2 Å². The third kappa shape index (κ3) is 3.86. The number of sulfonamides is 1. The number of nitrogens with zero attached hydrogens (tertiary/aromatic N) is 2. The Hall–Kier alpha value is -2.26. The lowest BCUT2D eigenvalue weighted by Gasteiger charge is -2.07. The molecule has 21 heavy (non-hydrogen) atoms. The van der Waals surface area contributed by atoms with Crippen LogP contribution in [-0.2, 0) is 14.8 Å². The molecule has 0 saturated carbocycles. The van der Waals surface area contributed by atoms with E-state index in [1.54, 1.807) is 25.1 Å². The van der Waals surface area contributed by atoms with Gasteiger partial charge >= 0.3 is 5.97 Å². The number of H-pyrrole nitrogens is 1. The number of nitrogens with one attached hydrogen (secondary N) is 2. The maximum Gasteiger partial charge on any atom is 0.360 e. The number of aromatic amines is 1. The number of esters is 1. The quantitative estimate of drug-likeness (QED) is 0.584. The van der Waals surface area contributed by atoms with Crippen molar-refractivity contribution in [3.63, 3.8) is 0 Å². The highest BCUT2D eigenvalue weighted by molar-refractivity contribution is 7.89. The highest BCUT2D eigenvalue weighted by Gasteiger charge is 2.16. The van der Waals surface area contributed by atoms with Crippen LogP contribution in [0.2, 0.25) is 0 Å². The van der Waals surface area contributed by atoms with Crippen LogP contribution >= 0.6 is 0 Å². The summed E-state index contributed by atoms with van der Waals surface area (Å²) in [6, 6.07) is 7.94. The maximum atomic E-state index is 11.9. The van der Waals surface area contributed by atoms with Crippen molar-refractivity contribution in [3.8, 4) is 0 Å². The van der Waals surface area contributed by atoms with Gasteiger partial charge in [-0.25, -0.2) is 17.9 Å². The van der Waals surface area contributed by atoms with Gasteiger partial charge in [-0.1, -0.05) is 18.2 Å². The number of aryl methyl sites for hydroxylation is 1. The van der Waals surface area contributed by atoms with E-state index in [4.69, 9.17) is 4.74 Å². The number of hydrogen-bond donors (Lipinski definition) is 2. The highest BCUT2D eigenvalue weighted by atomic mass is 32.2. The van der Waals surface area contributed by atoms with Crippen molar-refractivity contribution in [2.24, 2.45) is 0 Å². The number of ether oxygens (including phenoxy) is 1. The topological polar surface area (TPSA) is 114 Å². The van der Waals surface area contributed by atoms with E-state index in [9.17, 15) is 13.2 Å². The summed E-state index contributed by atoms with van der Waals surface area (Å²) in [6.45, 7) is 1.48. The molecule has 0 aliphatic heterocycles. The Bertz CT molecular complexity index is 712. The van der Waals surface area contributed by atoms with E-state index in [-0.39, 0.29) is 23.7 Å². The predicted octanol–water partition coefficient (Wildman–Crippen LogP) is 0.248. The smallest absolute Gasteiger partial charge is 0.360 e. The van der Waals surface area contributed by atoms with Crippen molar-refractivity contribution >= 4 is 16.0 Å². The molecule has 0 aliphatic carbocycles. The van der Waals surface area contributed by atoms with Crippen LogP contribution in [0.25, 0.3) is 0 Å². The summed E-state index contributed by atoms with van der Waals surface area (Å²) in [5.74, 6) is -0.653. The van der Waals surface area contributed by atoms with Crippen LogP contribution in [0.3, 0.4) is 0 Å². The van der Waals surface area contributed by atoms with Crippen molar-refractivity contribution < 1.29 is 17.9 Å². The van der Waals surface area contributed by atoms with Crippen LogP contribution in [0.1, 0.15) is 16.2 Å². The second-order valence-corrected chi connectivity index (χ2v) is 5.87. The third-order valence-electron chi connectivity index (χ3n) is 2.60. The van der Waals surface area contributed by atoms with Crippen LogP contribution in [0.4, 0.5) is 0 Å². The van der Waals surface area contributed by atoms with E-state index in [0.717, 1.165) is 0 Å². The van der Waals surface area contributed by atoms with Gasteiger partial charge in [-0.05, 0) is 19.1 Å². The molecule has 2 rings (SSSR count). The second kappa shape index (κ2) is 6.46. The van der Waals surface area contributed by atoms with E-state index in [2.05, 4.69) is 20.1 Å². The molecule has 0 radical (unpaired) electrons. The van der Waals surface area contributed by atoms with E-state index in [0.29, 0.717) is 5.69 Å². The zero-order chi connectivity index (χ0) is 15.3. The first-order valence-electron chi connectivity index (χ1n) is 6.10. The van der Waals surface area contributed by atoms with Crippen molar-refractivity contribution in [2.75, 3.05) is 13.2 Å². The molecular formula is C12H14N4O4S. The molecule has 1 aromatic carbocycles. The number of carbonyl (C=O) groups is 1. The van der Waals surface area contributed by atoms with Crippen molar-refractivity contribution in [2.45, 2.75) is 11.8 Å². The van der Waals surface area contributed by atoms with Gasteiger partial charge in [0.15, 0.2) is 5.69 Å². The normalized spacial score (nSPS) is 11.3. The molecule has 9 heteroatoms. The molecule has 0 aliphatic rings. The number of hydrogen-bond acceptors (Lipinski definition) is 6. The van der Waals surface area contributed by atoms with Gasteiger partial charge in [-0.3, -0.25) is 0 Å². The number of benzene rings is 1. The fourth-order valence-electron chi connectivity index (χ4n) is 1.55. The first kappa shape index (κ1) is 15.1. The Labute approximate surface area is 121 Å². The van der Waals surface area contributed by atoms with Gasteiger partial charge in [0.1, 0.15) is 6.61 Å². The van der Waals surface area contributed by atoms with Gasteiger partial charge in [0, 0.05) is 6.54 Å². The molecule has 0 fully saturated rings. The molecule has 2 aromatic rings. The summed E-state index contributed by atoms with van der Waals surface area (Å²) in [6.07, 6.45) is 0. The molecule has 2 N–H and O–H groups in total. The van der Waals surface area contributed by atoms with Crippen LogP contribution < -0.4 is 4.72 Å². The van der Waals surface area contributed by atoms with E-state index in [1.807, 2.05) is 0 Å². The van der Waals surface area contributed by atoms with E-state index >= 15 is 0 Å². The molecule has 0 amide bonds. The Morgan fingerprint density at radius 1 is 1.29 bits per heavy atom. The Morgan fingerprint density at radius 2 is 2.00 bits per heavy atom. The van der Waals surface area contributed by atoms with Gasteiger partial charge in [0.05, 0.1) is 10.6 Å². The summed E-state index contributed by atoms with van der Waals surface area (Å²) < 4.78 is 31.0. The summed E-state index contributed by atoms with van der Waals surface area (Å²) in [5, 5.41) is 9.64. The second-order valence-electron chi connectivity index (χ2n) is 4.10. The Kier molecular flexibility index (Phi) is 4.66. The minimum Gasteiger partial charge on any atom is -0.459 e. The Morgan fingerprint density at radius 3 is 2.62 bits per heavy atom. The van der Waals surface area contributed by atoms with Gasteiger partial charge in [-0.2, -0.15) is 10.3 Å². The highest BCUT2D eigenvalue weighted by Crippen LogP contribution is 2.06. The Balaban J connectivity index is 1.83. The SMILES string of the molecule is Cc1n[nH]nc1C(=O)OCCNS(=O)(=O)c1ccccc1. The first-order valence-corrected chi connectivity index (χ1v) is 7.58.